The Labute approximate surface area is 192 Å². The van der Waals surface area contributed by atoms with E-state index < -0.39 is 12.0 Å². The lowest BCUT2D eigenvalue weighted by molar-refractivity contribution is -0.596. The molecule has 1 aliphatic rings. The second kappa shape index (κ2) is 11.8. The highest BCUT2D eigenvalue weighted by atomic mass is 35.5. The third kappa shape index (κ3) is 6.75. The van der Waals surface area contributed by atoms with Crippen LogP contribution in [0.15, 0.2) is 39.2 Å². The zero-order valence-electron chi connectivity index (χ0n) is 17.3. The molecule has 0 aromatic carbocycles. The number of primary amides is 1. The molecule has 3 heterocycles. The lowest BCUT2D eigenvalue weighted by Crippen LogP contribution is -3.00. The van der Waals surface area contributed by atoms with Gasteiger partial charge in [-0.25, -0.2) is 9.59 Å². The molecule has 0 spiro atoms. The van der Waals surface area contributed by atoms with Crippen LogP contribution in [0, 0.1) is 5.92 Å². The Morgan fingerprint density at radius 2 is 1.67 bits per heavy atom. The van der Waals surface area contributed by atoms with Gasteiger partial charge in [0.15, 0.2) is 6.04 Å². The Bertz CT molecular complexity index is 802. The lowest BCUT2D eigenvalue weighted by Gasteiger charge is -2.29. The number of quaternary nitrogens is 1. The van der Waals surface area contributed by atoms with Crippen LogP contribution >= 0.6 is 22.7 Å². The van der Waals surface area contributed by atoms with Crippen LogP contribution in [0.25, 0.3) is 5.57 Å². The van der Waals surface area contributed by atoms with E-state index >= 15 is 0 Å². The molecule has 1 fully saturated rings. The molecular weight excluding hydrogens is 440 g/mol. The van der Waals surface area contributed by atoms with E-state index in [9.17, 15) is 14.7 Å². The summed E-state index contributed by atoms with van der Waals surface area (Å²) in [6, 6.07) is 3.67. The number of rotatable bonds is 8. The number of likely N-dealkylation sites (tertiary alicyclic amines) is 1. The fraction of sp³-hybridized carbons (Fsp3) is 0.455. The summed E-state index contributed by atoms with van der Waals surface area (Å²) in [6.07, 6.45) is 2.37. The number of amides is 1. The largest absolute Gasteiger partial charge is 1.00 e. The number of carbonyl (C=O) groups is 2. The molecule has 0 bridgehead atoms. The maximum Gasteiger partial charge on any atom is 0.362 e. The zero-order chi connectivity index (χ0) is 20.8. The smallest absolute Gasteiger partial charge is 0.362 e. The monoisotopic (exact) mass is 468 g/mol. The quantitative estimate of drug-likeness (QED) is 0.584. The molecule has 0 saturated carbocycles. The number of halogens is 1. The van der Waals surface area contributed by atoms with Crippen molar-refractivity contribution < 1.29 is 32.4 Å². The normalized spacial score (nSPS) is 15.6. The van der Waals surface area contributed by atoms with E-state index in [-0.39, 0.29) is 24.2 Å². The molecule has 3 rings (SSSR count). The van der Waals surface area contributed by atoms with Crippen LogP contribution < -0.4 is 17.7 Å². The van der Waals surface area contributed by atoms with Crippen LogP contribution in [0.3, 0.4) is 0 Å². The number of carboxylic acids is 1. The van der Waals surface area contributed by atoms with Crippen LogP contribution in [0.2, 0.25) is 0 Å². The highest BCUT2D eigenvalue weighted by Gasteiger charge is 2.28. The Kier molecular flexibility index (Phi) is 9.71. The Balaban J connectivity index is 0.00000320. The molecule has 164 valence electrons. The number of nitrogens with zero attached hydrogens (tertiary/aromatic N) is 1. The third-order valence-electron chi connectivity index (χ3n) is 5.24. The van der Waals surface area contributed by atoms with E-state index in [0.29, 0.717) is 13.0 Å². The Morgan fingerprint density at radius 1 is 1.10 bits per heavy atom. The van der Waals surface area contributed by atoms with Gasteiger partial charge < -0.3 is 17.5 Å². The molecule has 5 nitrogen and oxygen atoms in total. The van der Waals surface area contributed by atoms with Crippen molar-refractivity contribution in [1.82, 2.24) is 4.90 Å². The summed E-state index contributed by atoms with van der Waals surface area (Å²) < 4.78 is 0. The molecule has 1 aliphatic heterocycles. The average Bonchev–Trinajstić information content (AvgIpc) is 3.37. The second-order valence-corrected chi connectivity index (χ2v) is 9.55. The van der Waals surface area contributed by atoms with Crippen LogP contribution in [0.1, 0.15) is 44.2 Å². The van der Waals surface area contributed by atoms with E-state index in [1.165, 1.54) is 27.6 Å². The molecule has 1 atom stereocenters. The van der Waals surface area contributed by atoms with Gasteiger partial charge in [-0.3, -0.25) is 10.2 Å². The first-order valence-electron chi connectivity index (χ1n) is 10.0. The summed E-state index contributed by atoms with van der Waals surface area (Å²) in [5, 5.41) is 19.4. The molecule has 0 aliphatic carbocycles. The molecule has 30 heavy (non-hydrogen) atoms. The molecule has 3 N–H and O–H groups in total. The number of piperidine rings is 1. The second-order valence-electron chi connectivity index (χ2n) is 7.99. The average molecular weight is 469 g/mol. The van der Waals surface area contributed by atoms with E-state index in [4.69, 9.17) is 0 Å². The van der Waals surface area contributed by atoms with Crippen LogP contribution in [-0.2, 0) is 9.59 Å². The maximum absolute atomic E-state index is 12.4. The molecule has 1 saturated heterocycles. The zero-order valence-corrected chi connectivity index (χ0v) is 19.7. The standard InChI is InChI=1S/C22H28N2O3S2.ClH/c1-15(2)11-19(22(26)27)23-20(25)12-24-7-3-16(4-8-24)21(17-5-9-28-13-17)18-6-10-29-14-18;/h5-6,9-10,13-15,19H,3-4,7-8,11-12H2,1-2H3,(H,23,25)(H,26,27);1H. The fourth-order valence-electron chi connectivity index (χ4n) is 3.86. The Morgan fingerprint density at radius 3 is 2.10 bits per heavy atom. The summed E-state index contributed by atoms with van der Waals surface area (Å²) in [5.41, 5.74) is 5.34. The van der Waals surface area contributed by atoms with Gasteiger partial charge in [-0.2, -0.15) is 22.7 Å². The molecule has 0 radical (unpaired) electrons. The van der Waals surface area contributed by atoms with E-state index in [0.717, 1.165) is 25.9 Å². The number of aliphatic carboxylic acids is 1. The summed E-state index contributed by atoms with van der Waals surface area (Å²) in [6.45, 7) is 5.92. The summed E-state index contributed by atoms with van der Waals surface area (Å²) in [5.74, 6) is -0.746. The minimum absolute atomic E-state index is 0. The Hall–Kier alpha value is -1.51. The van der Waals surface area contributed by atoms with Gasteiger partial charge >= 0.3 is 11.9 Å². The third-order valence-corrected chi connectivity index (χ3v) is 6.61. The van der Waals surface area contributed by atoms with Gasteiger partial charge in [-0.05, 0) is 69.1 Å². The first-order chi connectivity index (χ1) is 13.9. The summed E-state index contributed by atoms with van der Waals surface area (Å²) >= 11 is 3.42. The van der Waals surface area contributed by atoms with Crippen LogP contribution in [-0.4, -0.2) is 47.6 Å². The van der Waals surface area contributed by atoms with Gasteiger partial charge in [0.1, 0.15) is 6.54 Å². The van der Waals surface area contributed by atoms with Crippen molar-refractivity contribution in [2.45, 2.75) is 39.2 Å². The van der Waals surface area contributed by atoms with Crippen molar-refractivity contribution in [3.05, 3.63) is 50.4 Å². The lowest BCUT2D eigenvalue weighted by atomic mass is 9.91. The van der Waals surface area contributed by atoms with Gasteiger partial charge in [0.25, 0.3) is 0 Å². The minimum Gasteiger partial charge on any atom is -1.00 e. The van der Waals surface area contributed by atoms with Crippen LogP contribution in [0.4, 0.5) is 0 Å². The molecule has 1 unspecified atom stereocenters. The predicted molar refractivity (Wildman–Crippen MR) is 118 cm³/mol. The number of thiophene rings is 2. The predicted octanol–water partition coefficient (Wildman–Crippen LogP) is 0.301. The first kappa shape index (κ1) is 24.8. The van der Waals surface area contributed by atoms with Gasteiger partial charge in [0.2, 0.25) is 0 Å². The number of carboxylic acid groups (broad SMARTS) is 1. The van der Waals surface area contributed by atoms with E-state index in [2.05, 4.69) is 38.6 Å². The van der Waals surface area contributed by atoms with Gasteiger partial charge in [0, 0.05) is 19.5 Å². The van der Waals surface area contributed by atoms with Gasteiger partial charge in [-0.1, -0.05) is 19.4 Å². The minimum atomic E-state index is -0.910. The van der Waals surface area contributed by atoms with Gasteiger partial charge in [-0.15, -0.1) is 0 Å². The van der Waals surface area contributed by atoms with Crippen molar-refractivity contribution in [2.24, 2.45) is 5.92 Å². The maximum atomic E-state index is 12.4. The summed E-state index contributed by atoms with van der Waals surface area (Å²) in [4.78, 5) is 26.0. The van der Waals surface area contributed by atoms with Crippen molar-refractivity contribution in [2.75, 3.05) is 19.6 Å². The van der Waals surface area contributed by atoms with Crippen LogP contribution in [0.5, 0.6) is 0 Å². The van der Waals surface area contributed by atoms with E-state index in [1.54, 1.807) is 22.7 Å². The van der Waals surface area contributed by atoms with Crippen molar-refractivity contribution in [3.63, 3.8) is 0 Å². The van der Waals surface area contributed by atoms with Crippen molar-refractivity contribution in [3.8, 4) is 0 Å². The number of nitrogens with two attached hydrogens (primary N) is 1. The SMILES string of the molecule is CC(C)CC([NH2+]C(=O)CN1CCC(=C(c2ccsc2)c2ccsc2)CC1)C(=O)O.[Cl-]. The van der Waals surface area contributed by atoms with Crippen molar-refractivity contribution in [1.29, 1.82) is 0 Å². The molecule has 8 heteroatoms. The molecular formula is C22H29ClN2O3S2. The molecule has 1 amide bonds. The summed E-state index contributed by atoms with van der Waals surface area (Å²) in [7, 11) is 0. The highest BCUT2D eigenvalue weighted by Crippen LogP contribution is 2.34. The van der Waals surface area contributed by atoms with E-state index in [1.807, 2.05) is 13.8 Å². The molecule has 2 aromatic heterocycles. The van der Waals surface area contributed by atoms with Crippen molar-refractivity contribution >= 4 is 40.1 Å². The molecule has 2 aromatic rings. The highest BCUT2D eigenvalue weighted by molar-refractivity contribution is 7.08. The first-order valence-corrected chi connectivity index (χ1v) is 11.9. The number of hydrogen-bond acceptors (Lipinski definition) is 5. The fourth-order valence-corrected chi connectivity index (χ4v) is 5.16. The van der Waals surface area contributed by atoms with Gasteiger partial charge in [0.05, 0.1) is 0 Å². The number of carbonyl (C=O) groups excluding carboxylic acids is 1. The topological polar surface area (TPSA) is 74.2 Å². The number of hydrogen-bond donors (Lipinski definition) is 2.